The first kappa shape index (κ1) is 18.7. The standard InChI is InChI=1S/C14H21N3O6/c1-14(2,3)23-13(20)16-7-11(18)12(19)9-6-8(15)4-5-10(9)17(21)22/h4-6,11-12,18-19H,7,15H2,1-3H3,(H,16,20). The Kier molecular flexibility index (Phi) is 5.88. The van der Waals surface area contributed by atoms with Crippen LogP contribution in [0.15, 0.2) is 18.2 Å². The molecule has 0 aliphatic heterocycles. The number of nitro benzene ring substituents is 1. The van der Waals surface area contributed by atoms with Crippen LogP contribution in [0.1, 0.15) is 32.4 Å². The zero-order valence-electron chi connectivity index (χ0n) is 13.1. The smallest absolute Gasteiger partial charge is 0.407 e. The molecule has 0 spiro atoms. The highest BCUT2D eigenvalue weighted by Gasteiger charge is 2.27. The Morgan fingerprint density at radius 3 is 2.57 bits per heavy atom. The lowest BCUT2D eigenvalue weighted by atomic mass is 10.0. The molecular weight excluding hydrogens is 306 g/mol. The summed E-state index contributed by atoms with van der Waals surface area (Å²) >= 11 is 0. The molecule has 23 heavy (non-hydrogen) atoms. The van der Waals surface area contributed by atoms with Crippen molar-refractivity contribution in [1.82, 2.24) is 5.32 Å². The highest BCUT2D eigenvalue weighted by Crippen LogP contribution is 2.29. The predicted molar refractivity (Wildman–Crippen MR) is 82.7 cm³/mol. The molecular formula is C14H21N3O6. The second-order valence-electron chi connectivity index (χ2n) is 5.97. The van der Waals surface area contributed by atoms with Gasteiger partial charge in [-0.25, -0.2) is 4.79 Å². The van der Waals surface area contributed by atoms with Crippen molar-refractivity contribution in [2.75, 3.05) is 12.3 Å². The van der Waals surface area contributed by atoms with Crippen molar-refractivity contribution in [2.45, 2.75) is 38.6 Å². The number of carbonyl (C=O) groups excluding carboxylic acids is 1. The number of nitrogen functional groups attached to an aromatic ring is 1. The maximum Gasteiger partial charge on any atom is 0.407 e. The Morgan fingerprint density at radius 2 is 2.04 bits per heavy atom. The number of benzene rings is 1. The SMILES string of the molecule is CC(C)(C)OC(=O)NCC(O)C(O)c1cc(N)ccc1[N+](=O)[O-]. The van der Waals surface area contributed by atoms with E-state index in [1.54, 1.807) is 20.8 Å². The van der Waals surface area contributed by atoms with Crippen LogP contribution in [0, 0.1) is 10.1 Å². The molecule has 0 radical (unpaired) electrons. The number of anilines is 1. The van der Waals surface area contributed by atoms with Gasteiger partial charge in [-0.05, 0) is 32.9 Å². The monoisotopic (exact) mass is 327 g/mol. The minimum atomic E-state index is -1.59. The Balaban J connectivity index is 2.77. The largest absolute Gasteiger partial charge is 0.444 e. The summed E-state index contributed by atoms with van der Waals surface area (Å²) in [4.78, 5) is 21.8. The molecule has 2 unspecified atom stereocenters. The number of aliphatic hydroxyl groups is 2. The molecule has 1 amide bonds. The molecule has 2 atom stereocenters. The molecule has 0 heterocycles. The van der Waals surface area contributed by atoms with Crippen LogP contribution in [0.4, 0.5) is 16.2 Å². The van der Waals surface area contributed by atoms with Gasteiger partial charge in [0.2, 0.25) is 0 Å². The number of nitrogens with one attached hydrogen (secondary N) is 1. The Bertz CT molecular complexity index is 584. The van der Waals surface area contributed by atoms with Crippen LogP contribution in [-0.4, -0.2) is 39.5 Å². The number of hydrogen-bond donors (Lipinski definition) is 4. The quantitative estimate of drug-likeness (QED) is 0.359. The number of carbonyl (C=O) groups is 1. The van der Waals surface area contributed by atoms with Crippen molar-refractivity contribution >= 4 is 17.5 Å². The van der Waals surface area contributed by atoms with Crippen LogP contribution in [0.5, 0.6) is 0 Å². The maximum absolute atomic E-state index is 11.5. The molecule has 0 saturated carbocycles. The minimum Gasteiger partial charge on any atom is -0.444 e. The van der Waals surface area contributed by atoms with Gasteiger partial charge in [0, 0.05) is 18.3 Å². The summed E-state index contributed by atoms with van der Waals surface area (Å²) in [6, 6.07) is 3.67. The molecule has 5 N–H and O–H groups in total. The Labute approximate surface area is 133 Å². The maximum atomic E-state index is 11.5. The van der Waals surface area contributed by atoms with E-state index in [2.05, 4.69) is 5.32 Å². The number of ether oxygens (including phenoxy) is 1. The van der Waals surface area contributed by atoms with Crippen LogP contribution >= 0.6 is 0 Å². The average molecular weight is 327 g/mol. The van der Waals surface area contributed by atoms with Gasteiger partial charge in [-0.1, -0.05) is 0 Å². The van der Waals surface area contributed by atoms with Crippen LogP contribution in [0.25, 0.3) is 0 Å². The minimum absolute atomic E-state index is 0.131. The highest BCUT2D eigenvalue weighted by molar-refractivity contribution is 5.67. The molecule has 9 heteroatoms. The van der Waals surface area contributed by atoms with Crippen molar-refractivity contribution in [2.24, 2.45) is 0 Å². The highest BCUT2D eigenvalue weighted by atomic mass is 16.6. The number of hydrogen-bond acceptors (Lipinski definition) is 7. The number of nitro groups is 1. The van der Waals surface area contributed by atoms with E-state index in [4.69, 9.17) is 10.5 Å². The number of alkyl carbamates (subject to hydrolysis) is 1. The molecule has 0 fully saturated rings. The molecule has 0 saturated heterocycles. The molecule has 1 aromatic carbocycles. The first-order valence-corrected chi connectivity index (χ1v) is 6.88. The van der Waals surface area contributed by atoms with Crippen molar-refractivity contribution in [1.29, 1.82) is 0 Å². The van der Waals surface area contributed by atoms with Gasteiger partial charge in [-0.15, -0.1) is 0 Å². The third-order valence-electron chi connectivity index (χ3n) is 2.79. The van der Waals surface area contributed by atoms with Gasteiger partial charge in [0.05, 0.1) is 10.5 Å². The van der Waals surface area contributed by atoms with E-state index in [9.17, 15) is 25.1 Å². The van der Waals surface area contributed by atoms with Gasteiger partial charge in [0.15, 0.2) is 0 Å². The summed E-state index contributed by atoms with van der Waals surface area (Å²) in [5.41, 5.74) is 4.55. The van der Waals surface area contributed by atoms with E-state index in [0.717, 1.165) is 6.07 Å². The topological polar surface area (TPSA) is 148 Å². The number of nitrogens with two attached hydrogens (primary N) is 1. The van der Waals surface area contributed by atoms with Crippen molar-refractivity contribution in [3.8, 4) is 0 Å². The summed E-state index contributed by atoms with van der Waals surface area (Å²) < 4.78 is 4.98. The lowest BCUT2D eigenvalue weighted by Gasteiger charge is -2.22. The van der Waals surface area contributed by atoms with Crippen LogP contribution in [0.2, 0.25) is 0 Å². The van der Waals surface area contributed by atoms with Gasteiger partial charge >= 0.3 is 6.09 Å². The number of aliphatic hydroxyl groups excluding tert-OH is 2. The fourth-order valence-corrected chi connectivity index (χ4v) is 1.80. The van der Waals surface area contributed by atoms with Gasteiger partial charge in [-0.3, -0.25) is 10.1 Å². The van der Waals surface area contributed by atoms with Gasteiger partial charge in [0.1, 0.15) is 17.8 Å². The van der Waals surface area contributed by atoms with E-state index in [-0.39, 0.29) is 23.5 Å². The lowest BCUT2D eigenvalue weighted by molar-refractivity contribution is -0.386. The molecule has 0 aromatic heterocycles. The van der Waals surface area contributed by atoms with Crippen molar-refractivity contribution in [3.63, 3.8) is 0 Å². The normalized spacial score (nSPS) is 14.0. The summed E-state index contributed by atoms with van der Waals surface area (Å²) in [5.74, 6) is 0. The summed E-state index contributed by atoms with van der Waals surface area (Å²) in [6.45, 7) is 4.68. The first-order valence-electron chi connectivity index (χ1n) is 6.88. The third kappa shape index (κ3) is 5.72. The average Bonchev–Trinajstić information content (AvgIpc) is 2.41. The van der Waals surface area contributed by atoms with Gasteiger partial charge < -0.3 is 26.0 Å². The molecule has 0 bridgehead atoms. The molecule has 1 aromatic rings. The van der Waals surface area contributed by atoms with E-state index in [0.29, 0.717) is 0 Å². The molecule has 0 aliphatic carbocycles. The molecule has 0 aliphatic rings. The predicted octanol–water partition coefficient (Wildman–Crippen LogP) is 1.10. The van der Waals surface area contributed by atoms with E-state index in [1.807, 2.05) is 0 Å². The van der Waals surface area contributed by atoms with E-state index >= 15 is 0 Å². The lowest BCUT2D eigenvalue weighted by Crippen LogP contribution is -2.39. The van der Waals surface area contributed by atoms with Crippen molar-refractivity contribution < 1.29 is 24.7 Å². The summed E-state index contributed by atoms with van der Waals surface area (Å²) in [5, 5.41) is 33.3. The summed E-state index contributed by atoms with van der Waals surface area (Å²) in [6.07, 6.45) is -3.83. The number of nitrogens with zero attached hydrogens (tertiary/aromatic N) is 1. The zero-order chi connectivity index (χ0) is 17.8. The Morgan fingerprint density at radius 1 is 1.43 bits per heavy atom. The molecule has 9 nitrogen and oxygen atoms in total. The number of rotatable bonds is 5. The third-order valence-corrected chi connectivity index (χ3v) is 2.79. The second-order valence-corrected chi connectivity index (χ2v) is 5.97. The first-order chi connectivity index (χ1) is 10.5. The van der Waals surface area contributed by atoms with Gasteiger partial charge in [0.25, 0.3) is 5.69 Å². The van der Waals surface area contributed by atoms with Crippen LogP contribution in [0.3, 0.4) is 0 Å². The van der Waals surface area contributed by atoms with Crippen LogP contribution < -0.4 is 11.1 Å². The molecule has 128 valence electrons. The number of amides is 1. The molecule has 1 rings (SSSR count). The Hall–Kier alpha value is -2.39. The van der Waals surface area contributed by atoms with Crippen LogP contribution in [-0.2, 0) is 4.74 Å². The second kappa shape index (κ2) is 7.25. The summed E-state index contributed by atoms with van der Waals surface area (Å²) in [7, 11) is 0. The van der Waals surface area contributed by atoms with E-state index < -0.39 is 28.8 Å². The fourth-order valence-electron chi connectivity index (χ4n) is 1.80. The fraction of sp³-hybridized carbons (Fsp3) is 0.500. The van der Waals surface area contributed by atoms with Crippen molar-refractivity contribution in [3.05, 3.63) is 33.9 Å². The van der Waals surface area contributed by atoms with E-state index in [1.165, 1.54) is 12.1 Å². The zero-order valence-corrected chi connectivity index (χ0v) is 13.1. The van der Waals surface area contributed by atoms with Gasteiger partial charge in [-0.2, -0.15) is 0 Å².